The number of aryl methyl sites for hydroxylation is 1. The van der Waals surface area contributed by atoms with Gasteiger partial charge in [0.1, 0.15) is 17.0 Å². The number of amides is 1. The first-order chi connectivity index (χ1) is 14.0. The highest BCUT2D eigenvalue weighted by Crippen LogP contribution is 2.31. The summed E-state index contributed by atoms with van der Waals surface area (Å²) in [5.74, 6) is 0.0967. The summed E-state index contributed by atoms with van der Waals surface area (Å²) in [6.45, 7) is 1.98. The molecule has 0 saturated heterocycles. The molecule has 3 aromatic heterocycles. The van der Waals surface area contributed by atoms with E-state index in [4.69, 9.17) is 16.1 Å². The van der Waals surface area contributed by atoms with Crippen molar-refractivity contribution in [2.24, 2.45) is 0 Å². The first-order valence-electron chi connectivity index (χ1n) is 8.69. The van der Waals surface area contributed by atoms with Gasteiger partial charge in [-0.05, 0) is 36.6 Å². The quantitative estimate of drug-likeness (QED) is 0.395. The van der Waals surface area contributed by atoms with Gasteiger partial charge in [-0.3, -0.25) is 9.59 Å². The van der Waals surface area contributed by atoms with Gasteiger partial charge in [-0.2, -0.15) is 11.3 Å². The maximum Gasteiger partial charge on any atom is 0.257 e. The third-order valence-electron chi connectivity index (χ3n) is 4.31. The molecule has 8 heteroatoms. The van der Waals surface area contributed by atoms with Crippen LogP contribution in [0.2, 0.25) is 5.02 Å². The standard InChI is InChI=1S/C21H15ClN2O3S2/c1-12-18(19(24-27-12)15-4-2-3-5-16(15)22)21(26)23-10-14-6-7-17(29-14)20(25)13-8-9-28-11-13/h2-9,11H,10H2,1H3,(H,23,26). The molecule has 1 N–H and O–H groups in total. The second-order valence-electron chi connectivity index (χ2n) is 6.23. The molecule has 0 saturated carbocycles. The minimum Gasteiger partial charge on any atom is -0.360 e. The molecule has 0 aliphatic carbocycles. The number of carbonyl (C=O) groups excluding carboxylic acids is 2. The molecular formula is C21H15ClN2O3S2. The molecule has 0 radical (unpaired) electrons. The molecule has 0 spiro atoms. The van der Waals surface area contributed by atoms with Crippen LogP contribution in [0.4, 0.5) is 0 Å². The summed E-state index contributed by atoms with van der Waals surface area (Å²) < 4.78 is 5.24. The predicted octanol–water partition coefficient (Wildman–Crippen LogP) is 5.59. The summed E-state index contributed by atoms with van der Waals surface area (Å²) in [5.41, 5.74) is 2.07. The molecular weight excluding hydrogens is 428 g/mol. The van der Waals surface area contributed by atoms with Crippen molar-refractivity contribution in [3.63, 3.8) is 0 Å². The Morgan fingerprint density at radius 3 is 2.76 bits per heavy atom. The fourth-order valence-electron chi connectivity index (χ4n) is 2.86. The van der Waals surface area contributed by atoms with Crippen molar-refractivity contribution in [1.29, 1.82) is 0 Å². The Kier molecular flexibility index (Phi) is 5.62. The molecule has 4 aromatic rings. The number of aromatic nitrogens is 1. The summed E-state index contributed by atoms with van der Waals surface area (Å²) in [7, 11) is 0. The summed E-state index contributed by atoms with van der Waals surface area (Å²) >= 11 is 9.10. The van der Waals surface area contributed by atoms with Crippen LogP contribution in [0, 0.1) is 6.92 Å². The summed E-state index contributed by atoms with van der Waals surface area (Å²) in [6.07, 6.45) is 0. The number of thiophene rings is 2. The second kappa shape index (κ2) is 8.32. The topological polar surface area (TPSA) is 72.2 Å². The maximum absolute atomic E-state index is 12.8. The number of hydrogen-bond donors (Lipinski definition) is 1. The Morgan fingerprint density at radius 1 is 1.17 bits per heavy atom. The van der Waals surface area contributed by atoms with Crippen LogP contribution in [-0.2, 0) is 6.54 Å². The summed E-state index contributed by atoms with van der Waals surface area (Å²) in [6, 6.07) is 12.6. The zero-order valence-corrected chi connectivity index (χ0v) is 17.7. The van der Waals surface area contributed by atoms with Gasteiger partial charge in [-0.15, -0.1) is 11.3 Å². The number of benzene rings is 1. The van der Waals surface area contributed by atoms with E-state index in [1.165, 1.54) is 22.7 Å². The van der Waals surface area contributed by atoms with E-state index in [2.05, 4.69) is 10.5 Å². The molecule has 0 aliphatic rings. The van der Waals surface area contributed by atoms with E-state index in [1.807, 2.05) is 29.0 Å². The van der Waals surface area contributed by atoms with Gasteiger partial charge in [0, 0.05) is 21.4 Å². The van der Waals surface area contributed by atoms with E-state index < -0.39 is 0 Å². The van der Waals surface area contributed by atoms with Gasteiger partial charge in [0.2, 0.25) is 5.78 Å². The maximum atomic E-state index is 12.8. The minimum atomic E-state index is -0.308. The molecule has 0 fully saturated rings. The first-order valence-corrected chi connectivity index (χ1v) is 10.8. The van der Waals surface area contributed by atoms with E-state index in [0.29, 0.717) is 44.6 Å². The lowest BCUT2D eigenvalue weighted by Crippen LogP contribution is -2.23. The van der Waals surface area contributed by atoms with Gasteiger partial charge in [0.15, 0.2) is 0 Å². The van der Waals surface area contributed by atoms with E-state index in [-0.39, 0.29) is 11.7 Å². The Bertz CT molecular complexity index is 1180. The minimum absolute atomic E-state index is 0.00953. The molecule has 5 nitrogen and oxygen atoms in total. The van der Waals surface area contributed by atoms with Crippen LogP contribution >= 0.6 is 34.3 Å². The SMILES string of the molecule is Cc1onc(-c2ccccc2Cl)c1C(=O)NCc1ccc(C(=O)c2ccsc2)s1. The average Bonchev–Trinajstić information content (AvgIpc) is 3.47. The molecule has 29 heavy (non-hydrogen) atoms. The smallest absolute Gasteiger partial charge is 0.257 e. The van der Waals surface area contributed by atoms with E-state index in [0.717, 1.165) is 4.88 Å². The van der Waals surface area contributed by atoms with Crippen molar-refractivity contribution >= 4 is 46.0 Å². The van der Waals surface area contributed by atoms with Crippen LogP contribution in [0.25, 0.3) is 11.3 Å². The Hall–Kier alpha value is -2.74. The second-order valence-corrected chi connectivity index (χ2v) is 8.59. The predicted molar refractivity (Wildman–Crippen MR) is 115 cm³/mol. The van der Waals surface area contributed by atoms with Gasteiger partial charge in [-0.25, -0.2) is 0 Å². The highest BCUT2D eigenvalue weighted by Gasteiger charge is 2.23. The van der Waals surface area contributed by atoms with Crippen molar-refractivity contribution in [3.8, 4) is 11.3 Å². The molecule has 1 aromatic carbocycles. The lowest BCUT2D eigenvalue weighted by molar-refractivity contribution is 0.0949. The van der Waals surface area contributed by atoms with Crippen LogP contribution in [0.1, 0.15) is 36.2 Å². The molecule has 1 amide bonds. The number of halogens is 1. The van der Waals surface area contributed by atoms with Crippen LogP contribution in [-0.4, -0.2) is 16.8 Å². The largest absolute Gasteiger partial charge is 0.360 e. The molecule has 0 unspecified atom stereocenters. The number of carbonyl (C=O) groups is 2. The molecule has 0 bridgehead atoms. The third kappa shape index (κ3) is 4.03. The number of ketones is 1. The average molecular weight is 443 g/mol. The van der Waals surface area contributed by atoms with Crippen LogP contribution < -0.4 is 5.32 Å². The third-order valence-corrected chi connectivity index (χ3v) is 6.41. The van der Waals surface area contributed by atoms with Gasteiger partial charge in [0.25, 0.3) is 5.91 Å². The number of nitrogens with one attached hydrogen (secondary N) is 1. The highest BCUT2D eigenvalue weighted by molar-refractivity contribution is 7.14. The molecule has 3 heterocycles. The van der Waals surface area contributed by atoms with Crippen LogP contribution in [0.15, 0.2) is 57.7 Å². The summed E-state index contributed by atoms with van der Waals surface area (Å²) in [5, 5.41) is 11.1. The fraction of sp³-hybridized carbons (Fsp3) is 0.0952. The lowest BCUT2D eigenvalue weighted by atomic mass is 10.1. The Labute approximate surface area is 179 Å². The fourth-order valence-corrected chi connectivity index (χ4v) is 4.63. The normalized spacial score (nSPS) is 10.8. The lowest BCUT2D eigenvalue weighted by Gasteiger charge is -2.05. The van der Waals surface area contributed by atoms with Gasteiger partial charge in [-0.1, -0.05) is 35.0 Å². The zero-order chi connectivity index (χ0) is 20.4. The number of rotatable bonds is 6. The number of hydrogen-bond acceptors (Lipinski definition) is 6. The first kappa shape index (κ1) is 19.6. The van der Waals surface area contributed by atoms with E-state index in [9.17, 15) is 9.59 Å². The molecule has 146 valence electrons. The molecule has 0 aliphatic heterocycles. The van der Waals surface area contributed by atoms with E-state index >= 15 is 0 Å². The van der Waals surface area contributed by atoms with Crippen molar-refractivity contribution in [2.75, 3.05) is 0 Å². The van der Waals surface area contributed by atoms with Gasteiger partial charge in [0.05, 0.1) is 16.4 Å². The number of nitrogens with zero attached hydrogens (tertiary/aromatic N) is 1. The molecule has 4 rings (SSSR count). The van der Waals surface area contributed by atoms with Crippen LogP contribution in [0.3, 0.4) is 0 Å². The monoisotopic (exact) mass is 442 g/mol. The van der Waals surface area contributed by atoms with Crippen molar-refractivity contribution in [3.05, 3.63) is 84.9 Å². The van der Waals surface area contributed by atoms with E-state index in [1.54, 1.807) is 31.2 Å². The van der Waals surface area contributed by atoms with Crippen molar-refractivity contribution < 1.29 is 14.1 Å². The van der Waals surface area contributed by atoms with Crippen molar-refractivity contribution in [2.45, 2.75) is 13.5 Å². The van der Waals surface area contributed by atoms with Crippen molar-refractivity contribution in [1.82, 2.24) is 10.5 Å². The van der Waals surface area contributed by atoms with Gasteiger partial charge >= 0.3 is 0 Å². The Balaban J connectivity index is 1.50. The summed E-state index contributed by atoms with van der Waals surface area (Å²) in [4.78, 5) is 26.8. The van der Waals surface area contributed by atoms with Gasteiger partial charge < -0.3 is 9.84 Å². The van der Waals surface area contributed by atoms with Crippen LogP contribution in [0.5, 0.6) is 0 Å². The zero-order valence-electron chi connectivity index (χ0n) is 15.3. The molecule has 0 atom stereocenters. The Morgan fingerprint density at radius 2 is 2.00 bits per heavy atom. The highest BCUT2D eigenvalue weighted by atomic mass is 35.5.